The Labute approximate surface area is 160 Å². The third-order valence-electron chi connectivity index (χ3n) is 3.53. The standard InChI is InChI=1S/C17H14Cl2N2O3S/c1-2-21-16(22)14(20-17(21)25)8-10-6-7-11(24-10)9-23-15-12(18)4-3-5-13(15)19/h3-8H,2,9H2,1H3,(H,20,25)/b14-8+. The largest absolute Gasteiger partial charge is 0.483 e. The second-order valence-corrected chi connectivity index (χ2v) is 6.38. The van der Waals surface area contributed by atoms with E-state index in [4.69, 9.17) is 44.6 Å². The highest BCUT2D eigenvalue weighted by Crippen LogP contribution is 2.33. The van der Waals surface area contributed by atoms with Crippen LogP contribution in [-0.4, -0.2) is 22.5 Å². The molecule has 3 rings (SSSR count). The van der Waals surface area contributed by atoms with E-state index in [-0.39, 0.29) is 12.5 Å². The van der Waals surface area contributed by atoms with Crippen molar-refractivity contribution in [2.45, 2.75) is 13.5 Å². The Bertz CT molecular complexity index is 843. The predicted octanol–water partition coefficient (Wildman–Crippen LogP) is 4.24. The number of halogens is 2. The number of ether oxygens (including phenoxy) is 1. The Morgan fingerprint density at radius 1 is 1.28 bits per heavy atom. The Balaban J connectivity index is 1.70. The van der Waals surface area contributed by atoms with Crippen molar-refractivity contribution >= 4 is 52.5 Å². The summed E-state index contributed by atoms with van der Waals surface area (Å²) in [6.45, 7) is 2.53. The lowest BCUT2D eigenvalue weighted by Gasteiger charge is -2.08. The first-order chi connectivity index (χ1) is 12.0. The first-order valence-corrected chi connectivity index (χ1v) is 8.66. The fraction of sp³-hybridized carbons (Fsp3) is 0.176. The number of carbonyl (C=O) groups is 1. The first kappa shape index (κ1) is 17.8. The first-order valence-electron chi connectivity index (χ1n) is 7.49. The number of hydrogen-bond donors (Lipinski definition) is 1. The van der Waals surface area contributed by atoms with Gasteiger partial charge in [0.05, 0.1) is 10.0 Å². The summed E-state index contributed by atoms with van der Waals surface area (Å²) in [6.07, 6.45) is 1.61. The van der Waals surface area contributed by atoms with Crippen LogP contribution in [0.25, 0.3) is 6.08 Å². The second-order valence-electron chi connectivity index (χ2n) is 5.18. The van der Waals surface area contributed by atoms with Crippen LogP contribution in [0.2, 0.25) is 10.0 Å². The van der Waals surface area contributed by atoms with Gasteiger partial charge in [-0.1, -0.05) is 29.3 Å². The topological polar surface area (TPSA) is 54.7 Å². The molecule has 0 aliphatic carbocycles. The molecule has 2 aromatic rings. The summed E-state index contributed by atoms with van der Waals surface area (Å²) >= 11 is 17.2. The molecule has 1 N–H and O–H groups in total. The molecular formula is C17H14Cl2N2O3S. The number of carbonyl (C=O) groups excluding carboxylic acids is 1. The number of benzene rings is 1. The fourth-order valence-corrected chi connectivity index (χ4v) is 3.14. The molecule has 2 heterocycles. The number of hydrogen-bond acceptors (Lipinski definition) is 4. The average molecular weight is 397 g/mol. The zero-order valence-corrected chi connectivity index (χ0v) is 15.5. The molecule has 5 nitrogen and oxygen atoms in total. The lowest BCUT2D eigenvalue weighted by molar-refractivity contribution is -0.122. The summed E-state index contributed by atoms with van der Waals surface area (Å²) in [6, 6.07) is 8.63. The van der Waals surface area contributed by atoms with Crippen molar-refractivity contribution in [2.24, 2.45) is 0 Å². The van der Waals surface area contributed by atoms with Crippen LogP contribution < -0.4 is 10.1 Å². The molecule has 0 bridgehead atoms. The minimum atomic E-state index is -0.176. The molecule has 1 fully saturated rings. The van der Waals surface area contributed by atoms with Gasteiger partial charge in [-0.15, -0.1) is 0 Å². The van der Waals surface area contributed by atoms with Crippen molar-refractivity contribution in [3.05, 3.63) is 57.6 Å². The Kier molecular flexibility index (Phi) is 5.32. The molecule has 8 heteroatoms. The Morgan fingerprint density at radius 3 is 2.64 bits per heavy atom. The van der Waals surface area contributed by atoms with Crippen LogP contribution >= 0.6 is 35.4 Å². The summed E-state index contributed by atoms with van der Waals surface area (Å²) in [4.78, 5) is 13.6. The maximum Gasteiger partial charge on any atom is 0.276 e. The molecule has 0 radical (unpaired) electrons. The molecule has 1 aromatic heterocycles. The highest BCUT2D eigenvalue weighted by Gasteiger charge is 2.29. The maximum absolute atomic E-state index is 12.2. The zero-order chi connectivity index (χ0) is 18.0. The SMILES string of the molecule is CCN1C(=O)/C(=C\c2ccc(COc3c(Cl)cccc3Cl)o2)NC1=S. The molecule has 130 valence electrons. The summed E-state index contributed by atoms with van der Waals surface area (Å²) < 4.78 is 11.3. The van der Waals surface area contributed by atoms with E-state index < -0.39 is 0 Å². The van der Waals surface area contributed by atoms with Gasteiger partial charge in [-0.2, -0.15) is 0 Å². The normalized spacial score (nSPS) is 15.8. The van der Waals surface area contributed by atoms with Gasteiger partial charge in [-0.3, -0.25) is 9.69 Å². The molecule has 0 spiro atoms. The minimum absolute atomic E-state index is 0.160. The third kappa shape index (κ3) is 3.81. The van der Waals surface area contributed by atoms with E-state index >= 15 is 0 Å². The molecule has 0 saturated carbocycles. The highest BCUT2D eigenvalue weighted by molar-refractivity contribution is 7.80. The van der Waals surface area contributed by atoms with Gasteiger partial charge in [0, 0.05) is 12.6 Å². The van der Waals surface area contributed by atoms with Gasteiger partial charge >= 0.3 is 0 Å². The molecule has 0 atom stereocenters. The van der Waals surface area contributed by atoms with Crippen molar-refractivity contribution in [2.75, 3.05) is 6.54 Å². The van der Waals surface area contributed by atoms with Gasteiger partial charge in [0.15, 0.2) is 10.9 Å². The van der Waals surface area contributed by atoms with Gasteiger partial charge in [0.1, 0.15) is 23.8 Å². The molecule has 1 aliphatic heterocycles. The zero-order valence-electron chi connectivity index (χ0n) is 13.2. The number of furan rings is 1. The van der Waals surface area contributed by atoms with Crippen LogP contribution in [0.15, 0.2) is 40.4 Å². The van der Waals surface area contributed by atoms with Crippen molar-refractivity contribution in [1.82, 2.24) is 10.2 Å². The lowest BCUT2D eigenvalue weighted by atomic mass is 10.3. The number of rotatable bonds is 5. The predicted molar refractivity (Wildman–Crippen MR) is 101 cm³/mol. The lowest BCUT2D eigenvalue weighted by Crippen LogP contribution is -2.30. The monoisotopic (exact) mass is 396 g/mol. The number of thiocarbonyl (C=S) groups is 1. The average Bonchev–Trinajstić information content (AvgIpc) is 3.12. The van der Waals surface area contributed by atoms with Gasteiger partial charge in [0.25, 0.3) is 5.91 Å². The van der Waals surface area contributed by atoms with Crippen molar-refractivity contribution in [3.8, 4) is 5.75 Å². The molecule has 25 heavy (non-hydrogen) atoms. The summed E-state index contributed by atoms with van der Waals surface area (Å²) in [5.74, 6) is 1.31. The number of nitrogens with one attached hydrogen (secondary N) is 1. The Morgan fingerprint density at radius 2 is 2.00 bits per heavy atom. The highest BCUT2D eigenvalue weighted by atomic mass is 35.5. The van der Waals surface area contributed by atoms with Gasteiger partial charge in [-0.05, 0) is 43.4 Å². The van der Waals surface area contributed by atoms with Crippen LogP contribution in [0.3, 0.4) is 0 Å². The molecule has 1 aromatic carbocycles. The van der Waals surface area contributed by atoms with E-state index in [1.54, 1.807) is 36.4 Å². The second kappa shape index (κ2) is 7.47. The van der Waals surface area contributed by atoms with E-state index in [1.165, 1.54) is 4.90 Å². The molecule has 1 saturated heterocycles. The molecular weight excluding hydrogens is 383 g/mol. The molecule has 1 amide bonds. The van der Waals surface area contributed by atoms with E-state index in [0.29, 0.717) is 44.7 Å². The summed E-state index contributed by atoms with van der Waals surface area (Å²) in [5, 5.41) is 4.12. The summed E-state index contributed by atoms with van der Waals surface area (Å²) in [7, 11) is 0. The van der Waals surface area contributed by atoms with Crippen LogP contribution in [0.4, 0.5) is 0 Å². The van der Waals surface area contributed by atoms with E-state index in [0.717, 1.165) is 0 Å². The smallest absolute Gasteiger partial charge is 0.276 e. The van der Waals surface area contributed by atoms with Crippen molar-refractivity contribution < 1.29 is 13.9 Å². The number of likely N-dealkylation sites (N-methyl/N-ethyl adjacent to an activating group) is 1. The third-order valence-corrected chi connectivity index (χ3v) is 4.44. The minimum Gasteiger partial charge on any atom is -0.483 e. The van der Waals surface area contributed by atoms with E-state index in [9.17, 15) is 4.79 Å². The van der Waals surface area contributed by atoms with E-state index in [2.05, 4.69) is 5.32 Å². The van der Waals surface area contributed by atoms with Crippen molar-refractivity contribution in [3.63, 3.8) is 0 Å². The van der Waals surface area contributed by atoms with Crippen molar-refractivity contribution in [1.29, 1.82) is 0 Å². The number of nitrogens with zero attached hydrogens (tertiary/aromatic N) is 1. The van der Waals surface area contributed by atoms with Crippen LogP contribution in [0.5, 0.6) is 5.75 Å². The van der Waals surface area contributed by atoms with Gasteiger partial charge < -0.3 is 14.5 Å². The quantitative estimate of drug-likeness (QED) is 0.604. The van der Waals surface area contributed by atoms with Crippen LogP contribution in [0.1, 0.15) is 18.4 Å². The van der Waals surface area contributed by atoms with Crippen LogP contribution in [-0.2, 0) is 11.4 Å². The molecule has 0 unspecified atom stereocenters. The van der Waals surface area contributed by atoms with Gasteiger partial charge in [0.2, 0.25) is 0 Å². The van der Waals surface area contributed by atoms with E-state index in [1.807, 2.05) is 6.92 Å². The van der Waals surface area contributed by atoms with Gasteiger partial charge in [-0.25, -0.2) is 0 Å². The summed E-state index contributed by atoms with van der Waals surface area (Å²) in [5.41, 5.74) is 0.378. The fourth-order valence-electron chi connectivity index (χ4n) is 2.31. The molecule has 1 aliphatic rings. The maximum atomic E-state index is 12.2. The number of para-hydroxylation sites is 1. The van der Waals surface area contributed by atoms with Crippen LogP contribution in [0, 0.1) is 0 Å². The number of amides is 1. The Hall–Kier alpha value is -2.02.